The predicted molar refractivity (Wildman–Crippen MR) is 229 cm³/mol. The maximum Gasteiger partial charge on any atom is 0.268 e. The average Bonchev–Trinajstić information content (AvgIpc) is 3.12. The maximum absolute atomic E-state index is 12.9. The largest absolute Gasteiger partial charge is 0.756 e. The number of nitrogens with one attached hydrogen (secondary N) is 1. The van der Waals surface area contributed by atoms with Crippen molar-refractivity contribution in [2.24, 2.45) is 0 Å². The van der Waals surface area contributed by atoms with Gasteiger partial charge < -0.3 is 28.8 Å². The standard InChI is InChI=1S/C45H91N2O6P/c1-6-8-10-12-14-16-18-20-22-23-25-26-28-30-32-34-36-38-44(48)43(42-53-54(50,51)52-41-40-47(3,4)5)46-45(49)39-37-35-33-31-29-27-24-21-19-17-15-13-11-9-7-2/h17,19,43-44,48H,6-16,18,20-42H2,1-5H3,(H-,46,49,50,51)/b19-17-. The molecule has 0 spiro atoms. The quantitative estimate of drug-likeness (QED) is 0.0276. The summed E-state index contributed by atoms with van der Waals surface area (Å²) in [6.07, 6.45) is 42.1. The minimum absolute atomic E-state index is 0.0132. The molecule has 0 radical (unpaired) electrons. The molecule has 0 aromatic heterocycles. The van der Waals surface area contributed by atoms with E-state index in [1.54, 1.807) is 0 Å². The van der Waals surface area contributed by atoms with E-state index < -0.39 is 20.0 Å². The number of quaternary nitrogens is 1. The Balaban J connectivity index is 4.33. The van der Waals surface area contributed by atoms with Crippen LogP contribution in [0.25, 0.3) is 0 Å². The van der Waals surface area contributed by atoms with Crippen LogP contribution in [0.15, 0.2) is 12.2 Å². The van der Waals surface area contributed by atoms with Crippen molar-refractivity contribution in [3.05, 3.63) is 12.2 Å². The molecule has 0 bridgehead atoms. The Kier molecular flexibility index (Phi) is 37.3. The van der Waals surface area contributed by atoms with Crippen LogP contribution in [0.3, 0.4) is 0 Å². The number of phosphoric ester groups is 1. The predicted octanol–water partition coefficient (Wildman–Crippen LogP) is 12.1. The van der Waals surface area contributed by atoms with Crippen LogP contribution in [0.4, 0.5) is 0 Å². The number of carbonyl (C=O) groups excluding carboxylic acids is 1. The van der Waals surface area contributed by atoms with Gasteiger partial charge in [0, 0.05) is 6.42 Å². The molecule has 1 amide bonds. The van der Waals surface area contributed by atoms with Gasteiger partial charge in [0.15, 0.2) is 0 Å². The van der Waals surface area contributed by atoms with Crippen molar-refractivity contribution in [1.82, 2.24) is 5.32 Å². The molecule has 8 nitrogen and oxygen atoms in total. The van der Waals surface area contributed by atoms with Crippen molar-refractivity contribution >= 4 is 13.7 Å². The molecule has 0 saturated heterocycles. The van der Waals surface area contributed by atoms with Gasteiger partial charge in [-0.15, -0.1) is 0 Å². The van der Waals surface area contributed by atoms with E-state index in [0.717, 1.165) is 38.5 Å². The van der Waals surface area contributed by atoms with E-state index in [1.807, 2.05) is 21.1 Å². The summed E-state index contributed by atoms with van der Waals surface area (Å²) in [5.74, 6) is -0.168. The number of aliphatic hydroxyl groups excluding tert-OH is 1. The summed E-state index contributed by atoms with van der Waals surface area (Å²) in [6.45, 7) is 4.72. The highest BCUT2D eigenvalue weighted by Crippen LogP contribution is 2.38. The molecule has 3 unspecified atom stereocenters. The normalized spacial score (nSPS) is 14.4. The second-order valence-corrected chi connectivity index (χ2v) is 18.5. The Labute approximate surface area is 335 Å². The Morgan fingerprint density at radius 3 is 1.46 bits per heavy atom. The highest BCUT2D eigenvalue weighted by molar-refractivity contribution is 7.45. The minimum atomic E-state index is -4.56. The van der Waals surface area contributed by atoms with E-state index in [0.29, 0.717) is 23.9 Å². The van der Waals surface area contributed by atoms with Gasteiger partial charge in [0.2, 0.25) is 5.91 Å². The van der Waals surface area contributed by atoms with Gasteiger partial charge in [-0.3, -0.25) is 9.36 Å². The fraction of sp³-hybridized carbons (Fsp3) is 0.933. The molecular formula is C45H91N2O6P. The molecule has 9 heteroatoms. The highest BCUT2D eigenvalue weighted by Gasteiger charge is 2.24. The van der Waals surface area contributed by atoms with E-state index in [9.17, 15) is 19.4 Å². The number of hydrogen-bond acceptors (Lipinski definition) is 6. The van der Waals surface area contributed by atoms with Gasteiger partial charge in [-0.25, -0.2) is 0 Å². The lowest BCUT2D eigenvalue weighted by molar-refractivity contribution is -0.870. The third-order valence-electron chi connectivity index (χ3n) is 10.5. The Morgan fingerprint density at radius 1 is 0.630 bits per heavy atom. The number of likely N-dealkylation sites (N-methyl/N-ethyl adjacent to an activating group) is 1. The summed E-state index contributed by atoms with van der Waals surface area (Å²) >= 11 is 0. The maximum atomic E-state index is 12.9. The van der Waals surface area contributed by atoms with Gasteiger partial charge in [-0.1, -0.05) is 187 Å². The van der Waals surface area contributed by atoms with Crippen molar-refractivity contribution in [2.75, 3.05) is 40.9 Å². The lowest BCUT2D eigenvalue weighted by Crippen LogP contribution is -2.46. The molecule has 0 fully saturated rings. The van der Waals surface area contributed by atoms with Crippen LogP contribution in [-0.4, -0.2) is 68.5 Å². The van der Waals surface area contributed by atoms with E-state index in [2.05, 4.69) is 31.3 Å². The smallest absolute Gasteiger partial charge is 0.268 e. The van der Waals surface area contributed by atoms with Crippen molar-refractivity contribution < 1.29 is 32.9 Å². The highest BCUT2D eigenvalue weighted by atomic mass is 31.2. The average molecular weight is 787 g/mol. The number of hydrogen-bond donors (Lipinski definition) is 2. The lowest BCUT2D eigenvalue weighted by atomic mass is 10.0. The molecule has 0 saturated carbocycles. The summed E-state index contributed by atoms with van der Waals surface area (Å²) in [6, 6.07) is -0.798. The van der Waals surface area contributed by atoms with Gasteiger partial charge in [0.25, 0.3) is 7.82 Å². The Morgan fingerprint density at radius 2 is 1.02 bits per heavy atom. The van der Waals surface area contributed by atoms with Gasteiger partial charge in [-0.2, -0.15) is 0 Å². The molecule has 0 aliphatic rings. The van der Waals surface area contributed by atoms with Crippen molar-refractivity contribution in [2.45, 2.75) is 231 Å². The summed E-state index contributed by atoms with van der Waals surface area (Å²) in [5, 5.41) is 13.9. The molecule has 0 aliphatic carbocycles. The summed E-state index contributed by atoms with van der Waals surface area (Å²) in [4.78, 5) is 25.3. The number of phosphoric acid groups is 1. The van der Waals surface area contributed by atoms with E-state index >= 15 is 0 Å². The summed E-state index contributed by atoms with van der Waals surface area (Å²) in [5.41, 5.74) is 0. The zero-order chi connectivity index (χ0) is 40.0. The molecule has 0 aromatic rings. The zero-order valence-electron chi connectivity index (χ0n) is 36.4. The van der Waals surface area contributed by atoms with Crippen LogP contribution < -0.4 is 10.2 Å². The third-order valence-corrected chi connectivity index (χ3v) is 11.5. The summed E-state index contributed by atoms with van der Waals surface area (Å²) < 4.78 is 23.3. The van der Waals surface area contributed by atoms with Crippen LogP contribution in [0.1, 0.15) is 219 Å². The number of carbonyl (C=O) groups is 1. The molecule has 0 rings (SSSR count). The summed E-state index contributed by atoms with van der Waals surface area (Å²) in [7, 11) is 1.31. The Hall–Kier alpha value is -0.760. The topological polar surface area (TPSA) is 108 Å². The first-order chi connectivity index (χ1) is 26.0. The number of allylic oxidation sites excluding steroid dienone is 2. The van der Waals surface area contributed by atoms with Gasteiger partial charge in [0.1, 0.15) is 13.2 Å². The second kappa shape index (κ2) is 37.8. The molecule has 3 atom stereocenters. The first-order valence-corrected chi connectivity index (χ1v) is 24.5. The number of unbranched alkanes of at least 4 members (excludes halogenated alkanes) is 27. The minimum Gasteiger partial charge on any atom is -0.756 e. The zero-order valence-corrected chi connectivity index (χ0v) is 37.3. The van der Waals surface area contributed by atoms with E-state index in [1.165, 1.54) is 154 Å². The van der Waals surface area contributed by atoms with E-state index in [-0.39, 0.29) is 19.1 Å². The fourth-order valence-electron chi connectivity index (χ4n) is 6.80. The van der Waals surface area contributed by atoms with Crippen LogP contribution in [0.5, 0.6) is 0 Å². The number of aliphatic hydroxyl groups is 1. The van der Waals surface area contributed by atoms with E-state index in [4.69, 9.17) is 9.05 Å². The van der Waals surface area contributed by atoms with Crippen LogP contribution >= 0.6 is 7.82 Å². The SMILES string of the molecule is CCCCCC/C=C\CCCCCCCCCC(=O)NC(COP(=O)([O-])OCC[N+](C)(C)C)C(O)CCCCCCCCCCCCCCCCCCC. The number of nitrogens with zero attached hydrogens (tertiary/aromatic N) is 1. The van der Waals surface area contributed by atoms with Crippen LogP contribution in [0, 0.1) is 0 Å². The fourth-order valence-corrected chi connectivity index (χ4v) is 7.52. The molecule has 0 aliphatic heterocycles. The van der Waals surface area contributed by atoms with Gasteiger partial charge in [0.05, 0.1) is 39.9 Å². The third kappa shape index (κ3) is 39.5. The van der Waals surface area contributed by atoms with Crippen molar-refractivity contribution in [3.63, 3.8) is 0 Å². The van der Waals surface area contributed by atoms with Crippen molar-refractivity contribution in [1.29, 1.82) is 0 Å². The van der Waals surface area contributed by atoms with Gasteiger partial charge >= 0.3 is 0 Å². The molecule has 2 N–H and O–H groups in total. The molecule has 54 heavy (non-hydrogen) atoms. The molecular weight excluding hydrogens is 695 g/mol. The molecule has 322 valence electrons. The molecule has 0 heterocycles. The Bertz CT molecular complexity index is 896. The monoisotopic (exact) mass is 787 g/mol. The second-order valence-electron chi connectivity index (χ2n) is 17.1. The van der Waals surface area contributed by atoms with Crippen LogP contribution in [0.2, 0.25) is 0 Å². The number of amides is 1. The number of rotatable bonds is 42. The van der Waals surface area contributed by atoms with Gasteiger partial charge in [-0.05, 0) is 38.5 Å². The van der Waals surface area contributed by atoms with Crippen molar-refractivity contribution in [3.8, 4) is 0 Å². The molecule has 0 aromatic carbocycles. The first-order valence-electron chi connectivity index (χ1n) is 23.0. The lowest BCUT2D eigenvalue weighted by Gasteiger charge is -2.30. The first kappa shape index (κ1) is 53.2. The van der Waals surface area contributed by atoms with Crippen LogP contribution in [-0.2, 0) is 18.4 Å².